The standard InChI is InChI=1S/C17H26O2S2Si/c1-22(2,14-15-8-4-3-5-9-15)19-17(18)11-7-6-10-16-12-13-20-21-16/h3-5,8-9,16H,6-7,10-14H2,1-2H3. The third-order valence-corrected chi connectivity index (χ3v) is 8.79. The minimum Gasteiger partial charge on any atom is -0.519 e. The molecule has 1 atom stereocenters. The summed E-state index contributed by atoms with van der Waals surface area (Å²) in [7, 11) is 2.06. The molecule has 0 aromatic heterocycles. The van der Waals surface area contributed by atoms with Crippen molar-refractivity contribution in [1.82, 2.24) is 0 Å². The van der Waals surface area contributed by atoms with E-state index in [9.17, 15) is 4.79 Å². The summed E-state index contributed by atoms with van der Waals surface area (Å²) in [5.41, 5.74) is 1.27. The van der Waals surface area contributed by atoms with Gasteiger partial charge in [-0.3, -0.25) is 4.79 Å². The van der Waals surface area contributed by atoms with E-state index in [2.05, 4.69) is 25.2 Å². The molecule has 2 nitrogen and oxygen atoms in total. The lowest BCUT2D eigenvalue weighted by Gasteiger charge is -2.23. The van der Waals surface area contributed by atoms with Gasteiger partial charge in [0.05, 0.1) is 0 Å². The normalized spacial score (nSPS) is 18.4. The summed E-state index contributed by atoms with van der Waals surface area (Å²) in [5, 5.41) is 0.810. The molecule has 1 unspecified atom stereocenters. The quantitative estimate of drug-likeness (QED) is 0.363. The lowest BCUT2D eigenvalue weighted by atomic mass is 10.1. The molecule has 1 aliphatic rings. The predicted octanol–water partition coefficient (Wildman–Crippen LogP) is 5.23. The van der Waals surface area contributed by atoms with Crippen LogP contribution >= 0.6 is 21.6 Å². The van der Waals surface area contributed by atoms with Gasteiger partial charge in [0.2, 0.25) is 0 Å². The van der Waals surface area contributed by atoms with Gasteiger partial charge in [0, 0.05) is 23.5 Å². The zero-order valence-corrected chi connectivity index (χ0v) is 16.2. The smallest absolute Gasteiger partial charge is 0.292 e. The van der Waals surface area contributed by atoms with E-state index in [1.807, 2.05) is 39.8 Å². The zero-order valence-electron chi connectivity index (χ0n) is 13.5. The van der Waals surface area contributed by atoms with Crippen LogP contribution in [0.1, 0.15) is 37.7 Å². The topological polar surface area (TPSA) is 26.3 Å². The van der Waals surface area contributed by atoms with Crippen LogP contribution in [0.25, 0.3) is 0 Å². The van der Waals surface area contributed by atoms with Gasteiger partial charge < -0.3 is 4.43 Å². The summed E-state index contributed by atoms with van der Waals surface area (Å²) < 4.78 is 5.80. The molecule has 0 amide bonds. The highest BCUT2D eigenvalue weighted by atomic mass is 33.1. The van der Waals surface area contributed by atoms with Gasteiger partial charge in [0.25, 0.3) is 14.3 Å². The summed E-state index contributed by atoms with van der Waals surface area (Å²) in [4.78, 5) is 12.0. The predicted molar refractivity (Wildman–Crippen MR) is 101 cm³/mol. The van der Waals surface area contributed by atoms with E-state index in [0.717, 1.165) is 24.1 Å². The Labute approximate surface area is 143 Å². The molecule has 0 N–H and O–H groups in total. The molecule has 122 valence electrons. The van der Waals surface area contributed by atoms with E-state index in [-0.39, 0.29) is 5.97 Å². The average Bonchev–Trinajstić information content (AvgIpc) is 2.97. The number of unbranched alkanes of at least 4 members (excludes halogenated alkanes) is 1. The van der Waals surface area contributed by atoms with Crippen molar-refractivity contribution < 1.29 is 9.22 Å². The molecular weight excluding hydrogens is 328 g/mol. The van der Waals surface area contributed by atoms with Crippen molar-refractivity contribution >= 4 is 35.9 Å². The highest BCUT2D eigenvalue weighted by Gasteiger charge is 2.27. The Balaban J connectivity index is 1.64. The number of hydrogen-bond donors (Lipinski definition) is 0. The molecule has 0 bridgehead atoms. The summed E-state index contributed by atoms with van der Waals surface area (Å²) in [6, 6.07) is 11.2. The Kier molecular flexibility index (Phi) is 7.37. The SMILES string of the molecule is C[Si](C)(Cc1ccccc1)OC(=O)CCCCC1CCSS1. The molecule has 0 spiro atoms. The second-order valence-corrected chi connectivity index (χ2v) is 13.3. The molecule has 2 rings (SSSR count). The molecule has 1 heterocycles. The minimum absolute atomic E-state index is 0.000970. The van der Waals surface area contributed by atoms with Crippen molar-refractivity contribution in [3.05, 3.63) is 35.9 Å². The van der Waals surface area contributed by atoms with E-state index < -0.39 is 8.32 Å². The van der Waals surface area contributed by atoms with Crippen molar-refractivity contribution in [3.8, 4) is 0 Å². The third-order valence-electron chi connectivity index (χ3n) is 3.75. The maximum atomic E-state index is 12.0. The van der Waals surface area contributed by atoms with Crippen LogP contribution in [-0.2, 0) is 15.3 Å². The monoisotopic (exact) mass is 354 g/mol. The number of hydrogen-bond acceptors (Lipinski definition) is 4. The second-order valence-electron chi connectivity index (χ2n) is 6.47. The molecule has 1 saturated heterocycles. The second kappa shape index (κ2) is 9.04. The van der Waals surface area contributed by atoms with Crippen molar-refractivity contribution in [3.63, 3.8) is 0 Å². The first-order valence-corrected chi connectivity index (χ1v) is 13.6. The molecule has 0 radical (unpaired) electrons. The molecule has 1 fully saturated rings. The van der Waals surface area contributed by atoms with Gasteiger partial charge in [-0.2, -0.15) is 0 Å². The van der Waals surface area contributed by atoms with Crippen LogP contribution in [0.5, 0.6) is 0 Å². The maximum Gasteiger partial charge on any atom is 0.292 e. The molecule has 0 aliphatic carbocycles. The fourth-order valence-corrected chi connectivity index (χ4v) is 7.73. The molecule has 1 aromatic carbocycles. The van der Waals surface area contributed by atoms with E-state index in [4.69, 9.17) is 4.43 Å². The van der Waals surface area contributed by atoms with Gasteiger partial charge in [-0.15, -0.1) is 0 Å². The van der Waals surface area contributed by atoms with Crippen LogP contribution in [0, 0.1) is 0 Å². The average molecular weight is 355 g/mol. The molecule has 5 heteroatoms. The first-order chi connectivity index (χ1) is 10.6. The van der Waals surface area contributed by atoms with Crippen LogP contribution in [0.15, 0.2) is 30.3 Å². The Morgan fingerprint density at radius 3 is 2.73 bits per heavy atom. The lowest BCUT2D eigenvalue weighted by molar-refractivity contribution is -0.135. The van der Waals surface area contributed by atoms with Crippen LogP contribution in [0.2, 0.25) is 13.1 Å². The summed E-state index contributed by atoms with van der Waals surface area (Å²) >= 11 is 0. The van der Waals surface area contributed by atoms with Crippen molar-refractivity contribution in [2.75, 3.05) is 5.75 Å². The zero-order chi connectivity index (χ0) is 15.8. The van der Waals surface area contributed by atoms with Crippen LogP contribution in [0.4, 0.5) is 0 Å². The first-order valence-electron chi connectivity index (χ1n) is 8.09. The van der Waals surface area contributed by atoms with Gasteiger partial charge in [-0.1, -0.05) is 58.3 Å². The summed E-state index contributed by atoms with van der Waals surface area (Å²) in [6.45, 7) is 4.26. The van der Waals surface area contributed by atoms with Crippen LogP contribution < -0.4 is 0 Å². The summed E-state index contributed by atoms with van der Waals surface area (Å²) in [5.74, 6) is 1.29. The number of carbonyl (C=O) groups is 1. The van der Waals surface area contributed by atoms with Crippen molar-refractivity contribution in [1.29, 1.82) is 0 Å². The molecule has 22 heavy (non-hydrogen) atoms. The molecule has 0 saturated carbocycles. The van der Waals surface area contributed by atoms with Crippen molar-refractivity contribution in [2.45, 2.75) is 56.5 Å². The summed E-state index contributed by atoms with van der Waals surface area (Å²) in [6.07, 6.45) is 5.27. The maximum absolute atomic E-state index is 12.0. The number of rotatable bonds is 8. The Bertz CT molecular complexity index is 459. The lowest BCUT2D eigenvalue weighted by Crippen LogP contribution is -2.36. The fraction of sp³-hybridized carbons (Fsp3) is 0.588. The first kappa shape index (κ1) is 18.0. The molecule has 1 aromatic rings. The van der Waals surface area contributed by atoms with Crippen LogP contribution in [-0.4, -0.2) is 25.3 Å². The van der Waals surface area contributed by atoms with Gasteiger partial charge in [-0.05, 0) is 37.9 Å². The van der Waals surface area contributed by atoms with E-state index >= 15 is 0 Å². The molecular formula is C17H26O2S2Si. The highest BCUT2D eigenvalue weighted by molar-refractivity contribution is 8.77. The Morgan fingerprint density at radius 2 is 2.05 bits per heavy atom. The van der Waals surface area contributed by atoms with E-state index in [1.165, 1.54) is 24.2 Å². The highest BCUT2D eigenvalue weighted by Crippen LogP contribution is 2.39. The number of carbonyl (C=O) groups excluding carboxylic acids is 1. The third kappa shape index (κ3) is 6.80. The van der Waals surface area contributed by atoms with Crippen LogP contribution in [0.3, 0.4) is 0 Å². The van der Waals surface area contributed by atoms with Gasteiger partial charge in [0.15, 0.2) is 0 Å². The van der Waals surface area contributed by atoms with Gasteiger partial charge in [-0.25, -0.2) is 0 Å². The van der Waals surface area contributed by atoms with Gasteiger partial charge >= 0.3 is 0 Å². The van der Waals surface area contributed by atoms with Crippen molar-refractivity contribution in [2.24, 2.45) is 0 Å². The van der Waals surface area contributed by atoms with E-state index in [1.54, 1.807) is 0 Å². The Hall–Kier alpha value is -0.393. The van der Waals surface area contributed by atoms with Gasteiger partial charge in [0.1, 0.15) is 0 Å². The Morgan fingerprint density at radius 1 is 1.27 bits per heavy atom. The fourth-order valence-electron chi connectivity index (χ4n) is 2.69. The molecule has 1 aliphatic heterocycles. The number of benzene rings is 1. The minimum atomic E-state index is -1.95. The van der Waals surface area contributed by atoms with E-state index in [0.29, 0.717) is 6.42 Å². The largest absolute Gasteiger partial charge is 0.519 e.